The molecule has 1 saturated carbocycles. The number of benzene rings is 1. The van der Waals surface area contributed by atoms with Crippen LogP contribution in [-0.2, 0) is 16.1 Å². The van der Waals surface area contributed by atoms with E-state index < -0.39 is 12.1 Å². The van der Waals surface area contributed by atoms with Crippen molar-refractivity contribution in [1.82, 2.24) is 5.16 Å². The molecule has 3 rings (SSSR count). The van der Waals surface area contributed by atoms with Gasteiger partial charge < -0.3 is 24.8 Å². The van der Waals surface area contributed by atoms with Crippen LogP contribution in [0.5, 0.6) is 5.75 Å². The summed E-state index contributed by atoms with van der Waals surface area (Å²) >= 11 is 0. The average Bonchev–Trinajstić information content (AvgIpc) is 2.99. The van der Waals surface area contributed by atoms with Crippen molar-refractivity contribution in [2.24, 2.45) is 11.1 Å². The summed E-state index contributed by atoms with van der Waals surface area (Å²) < 4.78 is 16.2. The summed E-state index contributed by atoms with van der Waals surface area (Å²) in [4.78, 5) is 21.7. The first-order valence-corrected chi connectivity index (χ1v) is 9.21. The quantitative estimate of drug-likeness (QED) is 0.671. The van der Waals surface area contributed by atoms with E-state index in [0.717, 1.165) is 24.8 Å². The number of nitrogens with two attached hydrogens (primary N) is 1. The minimum atomic E-state index is -0.858. The van der Waals surface area contributed by atoms with E-state index in [1.165, 1.54) is 0 Å². The SMILES string of the molecule is Cc1noc(-c2ccc(OCC3(CCC(=O)O)CCC3)cc2)c1COC(N)=O. The number of hydrogen-bond donors (Lipinski definition) is 2. The Morgan fingerprint density at radius 2 is 2.00 bits per heavy atom. The van der Waals surface area contributed by atoms with Crippen LogP contribution in [0.3, 0.4) is 0 Å². The van der Waals surface area contributed by atoms with E-state index in [0.29, 0.717) is 35.8 Å². The van der Waals surface area contributed by atoms with Gasteiger partial charge in [-0.1, -0.05) is 11.6 Å². The molecule has 0 bridgehead atoms. The van der Waals surface area contributed by atoms with E-state index in [4.69, 9.17) is 24.8 Å². The summed E-state index contributed by atoms with van der Waals surface area (Å²) in [5, 5.41) is 12.9. The Labute approximate surface area is 162 Å². The van der Waals surface area contributed by atoms with Gasteiger partial charge in [0.2, 0.25) is 0 Å². The number of carbonyl (C=O) groups is 2. The van der Waals surface area contributed by atoms with Crippen LogP contribution in [0.1, 0.15) is 43.4 Å². The van der Waals surface area contributed by atoms with Gasteiger partial charge in [-0.05, 0) is 50.5 Å². The molecule has 0 aliphatic heterocycles. The third-order valence-electron chi connectivity index (χ3n) is 5.29. The lowest BCUT2D eigenvalue weighted by Gasteiger charge is -2.41. The number of aryl methyl sites for hydroxylation is 1. The van der Waals surface area contributed by atoms with E-state index in [1.807, 2.05) is 24.3 Å². The Balaban J connectivity index is 1.64. The van der Waals surface area contributed by atoms with Crippen LogP contribution in [0.2, 0.25) is 0 Å². The molecule has 0 radical (unpaired) electrons. The van der Waals surface area contributed by atoms with Gasteiger partial charge >= 0.3 is 12.1 Å². The summed E-state index contributed by atoms with van der Waals surface area (Å²) in [7, 11) is 0. The van der Waals surface area contributed by atoms with E-state index in [2.05, 4.69) is 5.16 Å². The number of ether oxygens (including phenoxy) is 2. The number of primary amides is 1. The van der Waals surface area contributed by atoms with Crippen molar-refractivity contribution in [2.45, 2.75) is 45.6 Å². The first-order valence-electron chi connectivity index (χ1n) is 9.21. The van der Waals surface area contributed by atoms with Gasteiger partial charge in [0.15, 0.2) is 5.76 Å². The number of carbonyl (C=O) groups excluding carboxylic acids is 1. The summed E-state index contributed by atoms with van der Waals surface area (Å²) in [6, 6.07) is 7.34. The van der Waals surface area contributed by atoms with Gasteiger partial charge in [0, 0.05) is 17.4 Å². The molecule has 28 heavy (non-hydrogen) atoms. The Kier molecular flexibility index (Phi) is 5.87. The maximum Gasteiger partial charge on any atom is 0.404 e. The standard InChI is InChI=1S/C20H24N2O6/c1-13-16(11-26-19(21)25)18(28-22-13)14-3-5-15(6-4-14)27-12-20(8-2-9-20)10-7-17(23)24/h3-6H,2,7-12H2,1H3,(H2,21,25)(H,23,24). The highest BCUT2D eigenvalue weighted by Gasteiger charge is 2.38. The lowest BCUT2D eigenvalue weighted by molar-refractivity contribution is -0.138. The molecule has 8 heteroatoms. The van der Waals surface area contributed by atoms with Crippen molar-refractivity contribution in [3.8, 4) is 17.1 Å². The maximum atomic E-state index is 10.9. The van der Waals surface area contributed by atoms with Crippen molar-refractivity contribution in [3.63, 3.8) is 0 Å². The van der Waals surface area contributed by atoms with Gasteiger partial charge in [0.25, 0.3) is 0 Å². The van der Waals surface area contributed by atoms with Crippen molar-refractivity contribution in [1.29, 1.82) is 0 Å². The second-order valence-corrected chi connectivity index (χ2v) is 7.24. The topological polar surface area (TPSA) is 125 Å². The smallest absolute Gasteiger partial charge is 0.404 e. The second kappa shape index (κ2) is 8.33. The lowest BCUT2D eigenvalue weighted by atomic mass is 9.66. The summed E-state index contributed by atoms with van der Waals surface area (Å²) in [6.45, 7) is 2.27. The van der Waals surface area contributed by atoms with E-state index in [1.54, 1.807) is 6.92 Å². The molecule has 0 atom stereocenters. The molecule has 0 spiro atoms. The highest BCUT2D eigenvalue weighted by molar-refractivity contribution is 5.67. The second-order valence-electron chi connectivity index (χ2n) is 7.24. The van der Waals surface area contributed by atoms with Crippen LogP contribution in [0.4, 0.5) is 4.79 Å². The summed E-state index contributed by atoms with van der Waals surface area (Å²) in [5.41, 5.74) is 7.07. The molecule has 150 valence electrons. The van der Waals surface area contributed by atoms with Crippen LogP contribution >= 0.6 is 0 Å². The minimum Gasteiger partial charge on any atom is -0.493 e. The Morgan fingerprint density at radius 1 is 1.29 bits per heavy atom. The Bertz CT molecular complexity index is 839. The number of aliphatic carboxylic acids is 1. The lowest BCUT2D eigenvalue weighted by Crippen LogP contribution is -2.36. The molecule has 2 aromatic rings. The maximum absolute atomic E-state index is 10.9. The van der Waals surface area contributed by atoms with Crippen molar-refractivity contribution in [3.05, 3.63) is 35.5 Å². The number of carboxylic acid groups (broad SMARTS) is 1. The molecule has 1 heterocycles. The van der Waals surface area contributed by atoms with E-state index >= 15 is 0 Å². The zero-order chi connectivity index (χ0) is 20.1. The fourth-order valence-corrected chi connectivity index (χ4v) is 3.38. The van der Waals surface area contributed by atoms with Gasteiger partial charge in [-0.25, -0.2) is 4.79 Å². The first-order chi connectivity index (χ1) is 13.4. The highest BCUT2D eigenvalue weighted by Crippen LogP contribution is 2.45. The first kappa shape index (κ1) is 19.7. The zero-order valence-corrected chi connectivity index (χ0v) is 15.8. The number of nitrogens with zero attached hydrogens (tertiary/aromatic N) is 1. The van der Waals surface area contributed by atoms with Crippen molar-refractivity contribution < 1.29 is 28.7 Å². The molecule has 1 aliphatic carbocycles. The van der Waals surface area contributed by atoms with E-state index in [9.17, 15) is 9.59 Å². The van der Waals surface area contributed by atoms with Crippen molar-refractivity contribution in [2.75, 3.05) is 6.61 Å². The Hall–Kier alpha value is -3.03. The third-order valence-corrected chi connectivity index (χ3v) is 5.29. The molecule has 1 aliphatic rings. The predicted molar refractivity (Wildman–Crippen MR) is 99.7 cm³/mol. The molecule has 1 fully saturated rings. The van der Waals surface area contributed by atoms with Crippen molar-refractivity contribution >= 4 is 12.1 Å². The number of amides is 1. The molecule has 1 aromatic heterocycles. The average molecular weight is 388 g/mol. The van der Waals surface area contributed by atoms with E-state index in [-0.39, 0.29) is 18.4 Å². The molecule has 3 N–H and O–H groups in total. The normalized spacial score (nSPS) is 14.9. The Morgan fingerprint density at radius 3 is 2.57 bits per heavy atom. The minimum absolute atomic E-state index is 0.00957. The van der Waals surface area contributed by atoms with Gasteiger partial charge in [0.1, 0.15) is 12.4 Å². The highest BCUT2D eigenvalue weighted by atomic mass is 16.5. The molecule has 1 amide bonds. The van der Waals surface area contributed by atoms with Crippen LogP contribution in [0, 0.1) is 12.3 Å². The van der Waals surface area contributed by atoms with Crippen LogP contribution in [-0.4, -0.2) is 28.9 Å². The van der Waals surface area contributed by atoms with Gasteiger partial charge in [-0.2, -0.15) is 0 Å². The summed E-state index contributed by atoms with van der Waals surface area (Å²) in [6.07, 6.45) is 3.06. The van der Waals surface area contributed by atoms with Gasteiger partial charge in [-0.3, -0.25) is 4.79 Å². The molecular weight excluding hydrogens is 364 g/mol. The fraction of sp³-hybridized carbons (Fsp3) is 0.450. The third kappa shape index (κ3) is 4.62. The monoisotopic (exact) mass is 388 g/mol. The van der Waals surface area contributed by atoms with Gasteiger partial charge in [-0.15, -0.1) is 0 Å². The van der Waals surface area contributed by atoms with Gasteiger partial charge in [0.05, 0.1) is 17.9 Å². The molecule has 0 saturated heterocycles. The molecule has 1 aromatic carbocycles. The molecular formula is C20H24N2O6. The molecule has 0 unspecified atom stereocenters. The molecule has 8 nitrogen and oxygen atoms in total. The predicted octanol–water partition coefficient (Wildman–Crippen LogP) is 3.66. The summed E-state index contributed by atoms with van der Waals surface area (Å²) in [5.74, 6) is 0.452. The van der Waals surface area contributed by atoms with Crippen LogP contribution in [0.15, 0.2) is 28.8 Å². The van der Waals surface area contributed by atoms with Crippen LogP contribution < -0.4 is 10.5 Å². The number of carboxylic acids is 1. The largest absolute Gasteiger partial charge is 0.493 e. The number of aromatic nitrogens is 1. The zero-order valence-electron chi connectivity index (χ0n) is 15.8. The number of hydrogen-bond acceptors (Lipinski definition) is 6. The number of rotatable bonds is 9. The van der Waals surface area contributed by atoms with Crippen LogP contribution in [0.25, 0.3) is 11.3 Å². The fourth-order valence-electron chi connectivity index (χ4n) is 3.38.